The first kappa shape index (κ1) is 21.7. The lowest BCUT2D eigenvalue weighted by atomic mass is 10.0. The van der Waals surface area contributed by atoms with Crippen LogP contribution in [-0.4, -0.2) is 24.2 Å². The molecule has 3 rings (SSSR count). The minimum Gasteiger partial charge on any atom is -0.446 e. The fraction of sp³-hybridized carbons (Fsp3) is 0.167. The van der Waals surface area contributed by atoms with Gasteiger partial charge >= 0.3 is 11.8 Å². The van der Waals surface area contributed by atoms with Gasteiger partial charge in [-0.25, -0.2) is 10.9 Å². The van der Waals surface area contributed by atoms with E-state index in [9.17, 15) is 9.59 Å². The fourth-order valence-corrected chi connectivity index (χ4v) is 2.79. The molecule has 0 saturated carbocycles. The number of benzene rings is 2. The minimum absolute atomic E-state index is 0.0173. The van der Waals surface area contributed by atoms with Gasteiger partial charge in [-0.1, -0.05) is 74.5 Å². The molecule has 0 aliphatic carbocycles. The van der Waals surface area contributed by atoms with Crippen LogP contribution in [0.4, 0.5) is 0 Å². The number of carbonyl (C=O) groups is 2. The normalized spacial score (nSPS) is 13.2. The number of hydrazone groups is 2. The summed E-state index contributed by atoms with van der Waals surface area (Å²) in [6.07, 6.45) is 3.26. The van der Waals surface area contributed by atoms with Gasteiger partial charge in [0, 0.05) is 24.3 Å². The van der Waals surface area contributed by atoms with E-state index in [0.29, 0.717) is 0 Å². The first-order valence-corrected chi connectivity index (χ1v) is 9.91. The smallest absolute Gasteiger partial charge is 0.307 e. The average Bonchev–Trinajstić information content (AvgIpc) is 3.30. The molecule has 0 radical (unpaired) electrons. The molecule has 1 heterocycles. The van der Waals surface area contributed by atoms with Gasteiger partial charge in [0.2, 0.25) is 0 Å². The van der Waals surface area contributed by atoms with Crippen molar-refractivity contribution in [1.29, 1.82) is 0 Å². The number of furan rings is 1. The van der Waals surface area contributed by atoms with Crippen LogP contribution in [-0.2, 0) is 0 Å². The van der Waals surface area contributed by atoms with E-state index in [2.05, 4.69) is 21.1 Å². The van der Waals surface area contributed by atoms with Crippen LogP contribution in [0.25, 0.3) is 0 Å². The molecule has 7 heteroatoms. The standard InChI is InChI=1S/C24H24N4O3/c1-17(19-9-5-3-6-10-19)15-25-27-23(29)21-13-14-22(31-21)24(30)28-26-16-18(2)20-11-7-4-8-12-20/h3-18H,1-2H3,(H,27,29)(H,28,30). The van der Waals surface area contributed by atoms with E-state index in [-0.39, 0.29) is 23.4 Å². The molecule has 2 N–H and O–H groups in total. The van der Waals surface area contributed by atoms with Crippen molar-refractivity contribution in [1.82, 2.24) is 10.9 Å². The van der Waals surface area contributed by atoms with Crippen LogP contribution >= 0.6 is 0 Å². The maximum atomic E-state index is 12.2. The van der Waals surface area contributed by atoms with E-state index in [1.165, 1.54) is 12.1 Å². The van der Waals surface area contributed by atoms with Gasteiger partial charge in [-0.3, -0.25) is 9.59 Å². The Hall–Kier alpha value is -4.00. The summed E-state index contributed by atoms with van der Waals surface area (Å²) in [4.78, 5) is 24.4. The third kappa shape index (κ3) is 6.24. The van der Waals surface area contributed by atoms with Crippen molar-refractivity contribution in [2.24, 2.45) is 10.2 Å². The molecule has 0 aliphatic rings. The first-order valence-electron chi connectivity index (χ1n) is 9.91. The Labute approximate surface area is 180 Å². The predicted octanol–water partition coefficient (Wildman–Crippen LogP) is 4.32. The Morgan fingerprint density at radius 3 is 1.48 bits per heavy atom. The Morgan fingerprint density at radius 1 is 0.710 bits per heavy atom. The number of nitrogens with one attached hydrogen (secondary N) is 2. The number of hydrogen-bond acceptors (Lipinski definition) is 5. The molecule has 0 aliphatic heterocycles. The second-order valence-corrected chi connectivity index (χ2v) is 7.00. The second-order valence-electron chi connectivity index (χ2n) is 7.00. The number of carbonyl (C=O) groups excluding carboxylic acids is 2. The monoisotopic (exact) mass is 416 g/mol. The van der Waals surface area contributed by atoms with Crippen LogP contribution in [0.3, 0.4) is 0 Å². The molecule has 2 atom stereocenters. The Bertz CT molecular complexity index is 975. The van der Waals surface area contributed by atoms with Crippen molar-refractivity contribution in [3.8, 4) is 0 Å². The molecule has 0 fully saturated rings. The fourth-order valence-electron chi connectivity index (χ4n) is 2.79. The highest BCUT2D eigenvalue weighted by Gasteiger charge is 2.15. The molecule has 2 aromatic carbocycles. The summed E-state index contributed by atoms with van der Waals surface area (Å²) in [7, 11) is 0. The van der Waals surface area contributed by atoms with Crippen molar-refractivity contribution in [3.05, 3.63) is 95.4 Å². The highest BCUT2D eigenvalue weighted by Crippen LogP contribution is 2.13. The van der Waals surface area contributed by atoms with Crippen molar-refractivity contribution < 1.29 is 14.0 Å². The molecule has 2 amide bonds. The zero-order valence-electron chi connectivity index (χ0n) is 17.4. The van der Waals surface area contributed by atoms with Gasteiger partial charge in [0.25, 0.3) is 0 Å². The molecule has 1 aromatic heterocycles. The molecule has 158 valence electrons. The van der Waals surface area contributed by atoms with Crippen LogP contribution < -0.4 is 10.9 Å². The van der Waals surface area contributed by atoms with Crippen molar-refractivity contribution >= 4 is 24.2 Å². The molecule has 2 unspecified atom stereocenters. The summed E-state index contributed by atoms with van der Waals surface area (Å²) < 4.78 is 5.32. The largest absolute Gasteiger partial charge is 0.446 e. The van der Waals surface area contributed by atoms with Crippen LogP contribution in [0, 0.1) is 0 Å². The van der Waals surface area contributed by atoms with E-state index in [4.69, 9.17) is 4.42 Å². The molecular weight excluding hydrogens is 392 g/mol. The average molecular weight is 416 g/mol. The van der Waals surface area contributed by atoms with Gasteiger partial charge in [-0.15, -0.1) is 0 Å². The highest BCUT2D eigenvalue weighted by atomic mass is 16.4. The Kier molecular flexibility index (Phi) is 7.48. The van der Waals surface area contributed by atoms with Gasteiger partial charge in [0.05, 0.1) is 0 Å². The quantitative estimate of drug-likeness (QED) is 0.423. The van der Waals surface area contributed by atoms with Crippen LogP contribution in [0.5, 0.6) is 0 Å². The van der Waals surface area contributed by atoms with E-state index in [0.717, 1.165) is 11.1 Å². The summed E-state index contributed by atoms with van der Waals surface area (Å²) >= 11 is 0. The lowest BCUT2D eigenvalue weighted by Gasteiger charge is -2.05. The van der Waals surface area contributed by atoms with Gasteiger partial charge in [0.15, 0.2) is 11.5 Å². The van der Waals surface area contributed by atoms with E-state index in [1.807, 2.05) is 74.5 Å². The molecule has 7 nitrogen and oxygen atoms in total. The summed E-state index contributed by atoms with van der Waals surface area (Å²) in [6, 6.07) is 22.4. The lowest BCUT2D eigenvalue weighted by Crippen LogP contribution is -2.19. The van der Waals surface area contributed by atoms with Gasteiger partial charge in [-0.2, -0.15) is 10.2 Å². The molecule has 0 spiro atoms. The zero-order chi connectivity index (χ0) is 22.1. The maximum Gasteiger partial charge on any atom is 0.307 e. The topological polar surface area (TPSA) is 96.1 Å². The number of nitrogens with zero attached hydrogens (tertiary/aromatic N) is 2. The number of rotatable bonds is 8. The molecular formula is C24H24N4O3. The molecule has 31 heavy (non-hydrogen) atoms. The molecule has 0 saturated heterocycles. The maximum absolute atomic E-state index is 12.2. The van der Waals surface area contributed by atoms with Crippen LogP contribution in [0.15, 0.2) is 87.4 Å². The number of amides is 2. The predicted molar refractivity (Wildman–Crippen MR) is 120 cm³/mol. The van der Waals surface area contributed by atoms with Gasteiger partial charge in [-0.05, 0) is 23.3 Å². The van der Waals surface area contributed by atoms with Crippen molar-refractivity contribution in [2.75, 3.05) is 0 Å². The number of hydrogen-bond donors (Lipinski definition) is 2. The van der Waals surface area contributed by atoms with Crippen molar-refractivity contribution in [2.45, 2.75) is 25.7 Å². The first-order chi connectivity index (χ1) is 15.0. The van der Waals surface area contributed by atoms with Gasteiger partial charge in [0.1, 0.15) is 0 Å². The SMILES string of the molecule is CC(C=NNC(=O)c1ccc(C(=O)NN=CC(C)c2ccccc2)o1)c1ccccc1. The Morgan fingerprint density at radius 2 is 1.10 bits per heavy atom. The van der Waals surface area contributed by atoms with E-state index in [1.54, 1.807) is 12.4 Å². The molecule has 0 bridgehead atoms. The van der Waals surface area contributed by atoms with Crippen LogP contribution in [0.2, 0.25) is 0 Å². The Balaban J connectivity index is 1.50. The second kappa shape index (κ2) is 10.7. The van der Waals surface area contributed by atoms with Gasteiger partial charge < -0.3 is 4.42 Å². The summed E-state index contributed by atoms with van der Waals surface area (Å²) in [5.74, 6) is -1.05. The highest BCUT2D eigenvalue weighted by molar-refractivity contribution is 5.96. The molecule has 3 aromatic rings. The summed E-state index contributed by atoms with van der Waals surface area (Å²) in [5, 5.41) is 7.93. The van der Waals surface area contributed by atoms with E-state index >= 15 is 0 Å². The minimum atomic E-state index is -0.545. The summed E-state index contributed by atoms with van der Waals surface area (Å²) in [6.45, 7) is 3.94. The van der Waals surface area contributed by atoms with E-state index < -0.39 is 11.8 Å². The van der Waals surface area contributed by atoms with Crippen LogP contribution in [0.1, 0.15) is 57.9 Å². The van der Waals surface area contributed by atoms with Crippen molar-refractivity contribution in [3.63, 3.8) is 0 Å². The third-order valence-corrected chi connectivity index (χ3v) is 4.63. The zero-order valence-corrected chi connectivity index (χ0v) is 17.4. The third-order valence-electron chi connectivity index (χ3n) is 4.63. The lowest BCUT2D eigenvalue weighted by molar-refractivity contribution is 0.0902. The summed E-state index contributed by atoms with van der Waals surface area (Å²) in [5.41, 5.74) is 6.97.